The lowest BCUT2D eigenvalue weighted by atomic mass is 9.95. The second-order valence-electron chi connectivity index (χ2n) is 7.90. The smallest absolute Gasteiger partial charge is 0.268 e. The third-order valence-electron chi connectivity index (χ3n) is 5.51. The Hall–Kier alpha value is -3.67. The summed E-state index contributed by atoms with van der Waals surface area (Å²) in [5.41, 5.74) is 1.28. The number of halogens is 1. The van der Waals surface area contributed by atoms with Gasteiger partial charge in [0.1, 0.15) is 23.0 Å². The molecule has 32 heavy (non-hydrogen) atoms. The molecule has 0 aliphatic heterocycles. The van der Waals surface area contributed by atoms with Crippen LogP contribution >= 0.6 is 0 Å². The Labute approximate surface area is 186 Å². The quantitative estimate of drug-likeness (QED) is 0.519. The lowest BCUT2D eigenvalue weighted by molar-refractivity contribution is -0.118. The fourth-order valence-electron chi connectivity index (χ4n) is 3.79. The molecule has 1 fully saturated rings. The molecule has 1 aliphatic carbocycles. The van der Waals surface area contributed by atoms with Gasteiger partial charge in [0.05, 0.1) is 0 Å². The number of furan rings is 1. The van der Waals surface area contributed by atoms with Crippen LogP contribution in [-0.2, 0) is 4.79 Å². The van der Waals surface area contributed by atoms with Crippen molar-refractivity contribution in [1.29, 1.82) is 0 Å². The average Bonchev–Trinajstić information content (AvgIpc) is 3.29. The topological polar surface area (TPSA) is 71.3 Å². The minimum absolute atomic E-state index is 0.0969. The van der Waals surface area contributed by atoms with Crippen LogP contribution in [0.5, 0.6) is 0 Å². The summed E-state index contributed by atoms with van der Waals surface area (Å²) >= 11 is 0. The number of carbonyl (C=O) groups excluding carboxylic acids is 2. The van der Waals surface area contributed by atoms with Gasteiger partial charge in [0.2, 0.25) is 0 Å². The first kappa shape index (κ1) is 21.6. The average molecular weight is 432 g/mol. The van der Waals surface area contributed by atoms with Crippen LogP contribution < -0.4 is 10.6 Å². The van der Waals surface area contributed by atoms with Gasteiger partial charge in [0.15, 0.2) is 0 Å². The molecule has 1 aromatic heterocycles. The SMILES string of the molecule is O=C(NC1CCCCC1)/C(=C/c1ccc(-c2ccc(F)cc2)o1)NC(=O)c1ccccc1. The van der Waals surface area contributed by atoms with E-state index in [0.29, 0.717) is 22.6 Å². The van der Waals surface area contributed by atoms with Crippen molar-refractivity contribution in [1.82, 2.24) is 10.6 Å². The molecule has 1 aliphatic rings. The predicted octanol–water partition coefficient (Wildman–Crippen LogP) is 5.31. The standard InChI is InChI=1S/C26H25FN2O3/c27-20-13-11-18(12-14-20)24-16-15-22(32-24)17-23(26(31)28-21-9-5-2-6-10-21)29-25(30)19-7-3-1-4-8-19/h1,3-4,7-8,11-17,21H,2,5-6,9-10H2,(H,28,31)(H,29,30)/b23-17-. The van der Waals surface area contributed by atoms with Gasteiger partial charge in [-0.3, -0.25) is 9.59 Å². The van der Waals surface area contributed by atoms with Gasteiger partial charge in [-0.05, 0) is 61.4 Å². The van der Waals surface area contributed by atoms with Crippen LogP contribution in [0.1, 0.15) is 48.2 Å². The lowest BCUT2D eigenvalue weighted by Gasteiger charge is -2.23. The van der Waals surface area contributed by atoms with E-state index in [-0.39, 0.29) is 29.4 Å². The highest BCUT2D eigenvalue weighted by molar-refractivity contribution is 6.05. The molecule has 2 N–H and O–H groups in total. The first-order valence-corrected chi connectivity index (χ1v) is 10.8. The van der Waals surface area contributed by atoms with E-state index < -0.39 is 0 Å². The van der Waals surface area contributed by atoms with Crippen molar-refractivity contribution in [2.24, 2.45) is 0 Å². The highest BCUT2D eigenvalue weighted by Crippen LogP contribution is 2.24. The molecule has 0 bridgehead atoms. The number of hydrogen-bond acceptors (Lipinski definition) is 3. The minimum Gasteiger partial charge on any atom is -0.457 e. The molecule has 0 unspecified atom stereocenters. The molecule has 2 amide bonds. The van der Waals surface area contributed by atoms with Crippen LogP contribution in [-0.4, -0.2) is 17.9 Å². The molecule has 1 saturated carbocycles. The van der Waals surface area contributed by atoms with Gasteiger partial charge < -0.3 is 15.1 Å². The Balaban J connectivity index is 1.57. The second kappa shape index (κ2) is 10.1. The highest BCUT2D eigenvalue weighted by atomic mass is 19.1. The number of rotatable bonds is 6. The molecule has 3 aromatic rings. The van der Waals surface area contributed by atoms with E-state index in [1.807, 2.05) is 6.07 Å². The lowest BCUT2D eigenvalue weighted by Crippen LogP contribution is -2.41. The number of carbonyl (C=O) groups is 2. The van der Waals surface area contributed by atoms with Crippen LogP contribution in [0.4, 0.5) is 4.39 Å². The van der Waals surface area contributed by atoms with Crippen molar-refractivity contribution in [2.45, 2.75) is 38.1 Å². The van der Waals surface area contributed by atoms with Crippen LogP contribution in [0.2, 0.25) is 0 Å². The summed E-state index contributed by atoms with van der Waals surface area (Å²) in [5.74, 6) is -0.100. The van der Waals surface area contributed by atoms with Crippen LogP contribution in [0, 0.1) is 5.82 Å². The van der Waals surface area contributed by atoms with Gasteiger partial charge in [0, 0.05) is 23.2 Å². The molecule has 0 spiro atoms. The zero-order valence-corrected chi connectivity index (χ0v) is 17.6. The van der Waals surface area contributed by atoms with Crippen LogP contribution in [0.15, 0.2) is 76.8 Å². The van der Waals surface area contributed by atoms with E-state index in [2.05, 4.69) is 10.6 Å². The third kappa shape index (κ3) is 5.52. The van der Waals surface area contributed by atoms with Crippen LogP contribution in [0.3, 0.4) is 0 Å². The highest BCUT2D eigenvalue weighted by Gasteiger charge is 2.20. The molecule has 2 aromatic carbocycles. The molecule has 0 saturated heterocycles. The summed E-state index contributed by atoms with van der Waals surface area (Å²) < 4.78 is 19.0. The van der Waals surface area contributed by atoms with E-state index in [9.17, 15) is 14.0 Å². The molecule has 0 radical (unpaired) electrons. The van der Waals surface area contributed by atoms with Crippen molar-refractivity contribution < 1.29 is 18.4 Å². The Morgan fingerprint density at radius 1 is 0.906 bits per heavy atom. The monoisotopic (exact) mass is 432 g/mol. The summed E-state index contributed by atoms with van der Waals surface area (Å²) in [7, 11) is 0. The Bertz CT molecular complexity index is 1100. The second-order valence-corrected chi connectivity index (χ2v) is 7.90. The molecule has 4 rings (SSSR count). The van der Waals surface area contributed by atoms with Gasteiger partial charge in [0.25, 0.3) is 11.8 Å². The zero-order valence-electron chi connectivity index (χ0n) is 17.6. The summed E-state index contributed by atoms with van der Waals surface area (Å²) in [6.07, 6.45) is 6.73. The Kier molecular flexibility index (Phi) is 6.80. The first-order valence-electron chi connectivity index (χ1n) is 10.8. The molecule has 164 valence electrons. The van der Waals surface area contributed by atoms with Crippen molar-refractivity contribution in [2.75, 3.05) is 0 Å². The van der Waals surface area contributed by atoms with Gasteiger partial charge in [-0.25, -0.2) is 4.39 Å². The van der Waals surface area contributed by atoms with E-state index >= 15 is 0 Å². The van der Waals surface area contributed by atoms with Crippen molar-refractivity contribution in [3.8, 4) is 11.3 Å². The van der Waals surface area contributed by atoms with Crippen molar-refractivity contribution in [3.05, 3.63) is 89.6 Å². The molecule has 6 heteroatoms. The van der Waals surface area contributed by atoms with E-state index in [4.69, 9.17) is 4.42 Å². The Morgan fingerprint density at radius 3 is 2.34 bits per heavy atom. The third-order valence-corrected chi connectivity index (χ3v) is 5.51. The summed E-state index contributed by atoms with van der Waals surface area (Å²) in [4.78, 5) is 25.7. The van der Waals surface area contributed by atoms with E-state index in [0.717, 1.165) is 25.7 Å². The maximum atomic E-state index is 13.2. The number of nitrogens with one attached hydrogen (secondary N) is 2. The first-order chi connectivity index (χ1) is 15.6. The van der Waals surface area contributed by atoms with E-state index in [1.54, 1.807) is 48.5 Å². The molecule has 0 atom stereocenters. The maximum absolute atomic E-state index is 13.2. The summed E-state index contributed by atoms with van der Waals surface area (Å²) in [5, 5.41) is 5.76. The Morgan fingerprint density at radius 2 is 1.62 bits per heavy atom. The number of amides is 2. The fraction of sp³-hybridized carbons (Fsp3) is 0.231. The van der Waals surface area contributed by atoms with Crippen molar-refractivity contribution >= 4 is 17.9 Å². The molecular weight excluding hydrogens is 407 g/mol. The minimum atomic E-state index is -0.374. The maximum Gasteiger partial charge on any atom is 0.268 e. The van der Waals surface area contributed by atoms with Gasteiger partial charge in [-0.1, -0.05) is 37.5 Å². The number of hydrogen-bond donors (Lipinski definition) is 2. The van der Waals surface area contributed by atoms with Gasteiger partial charge >= 0.3 is 0 Å². The van der Waals surface area contributed by atoms with E-state index in [1.165, 1.54) is 24.6 Å². The fourth-order valence-corrected chi connectivity index (χ4v) is 3.79. The summed E-state index contributed by atoms with van der Waals surface area (Å²) in [6.45, 7) is 0. The normalized spacial score (nSPS) is 14.7. The number of benzene rings is 2. The largest absolute Gasteiger partial charge is 0.457 e. The molecular formula is C26H25FN2O3. The summed E-state index contributed by atoms with van der Waals surface area (Å²) in [6, 6.07) is 18.2. The molecule has 1 heterocycles. The van der Waals surface area contributed by atoms with Gasteiger partial charge in [-0.15, -0.1) is 0 Å². The predicted molar refractivity (Wildman–Crippen MR) is 121 cm³/mol. The molecule has 5 nitrogen and oxygen atoms in total. The van der Waals surface area contributed by atoms with Crippen molar-refractivity contribution in [3.63, 3.8) is 0 Å². The van der Waals surface area contributed by atoms with Crippen LogP contribution in [0.25, 0.3) is 17.4 Å². The zero-order chi connectivity index (χ0) is 22.3. The van der Waals surface area contributed by atoms with Gasteiger partial charge in [-0.2, -0.15) is 0 Å².